The number of carbonyl (C=O) groups is 1. The minimum Gasteiger partial charge on any atom is -0.468 e. The number of aromatic nitrogens is 5. The zero-order chi connectivity index (χ0) is 22.7. The van der Waals surface area contributed by atoms with E-state index in [1.165, 1.54) is 6.07 Å². The van der Waals surface area contributed by atoms with Gasteiger partial charge in [0.2, 0.25) is 5.88 Å². The lowest BCUT2D eigenvalue weighted by atomic mass is 10.2. The van der Waals surface area contributed by atoms with Gasteiger partial charge in [0.1, 0.15) is 12.1 Å². The van der Waals surface area contributed by atoms with E-state index < -0.39 is 12.8 Å². The highest BCUT2D eigenvalue weighted by Crippen LogP contribution is 2.21. The zero-order valence-electron chi connectivity index (χ0n) is 17.2. The maximum absolute atomic E-state index is 13.0. The summed E-state index contributed by atoms with van der Waals surface area (Å²) in [7, 11) is 0. The number of benzene rings is 1. The summed E-state index contributed by atoms with van der Waals surface area (Å²) < 4.78 is 43.4. The van der Waals surface area contributed by atoms with Gasteiger partial charge in [-0.25, -0.2) is 14.6 Å². The molecule has 1 aliphatic rings. The SMILES string of the molecule is Cc1c(C(=O)N2CCN(c3cc(OCC(F)(F)F)ncn3)CC2)nnn1-c1ccccc1. The molecule has 3 heterocycles. The number of piperazine rings is 1. The molecule has 168 valence electrons. The molecule has 4 rings (SSSR count). The first-order chi connectivity index (χ1) is 15.3. The second-order valence-electron chi connectivity index (χ2n) is 7.17. The van der Waals surface area contributed by atoms with Crippen LogP contribution in [0.2, 0.25) is 0 Å². The van der Waals surface area contributed by atoms with Crippen LogP contribution < -0.4 is 9.64 Å². The molecule has 1 aromatic carbocycles. The number of anilines is 1. The Morgan fingerprint density at radius 3 is 2.50 bits per heavy atom. The minimum absolute atomic E-state index is 0.154. The molecule has 32 heavy (non-hydrogen) atoms. The fraction of sp³-hybridized carbons (Fsp3) is 0.350. The first-order valence-corrected chi connectivity index (χ1v) is 9.85. The highest BCUT2D eigenvalue weighted by atomic mass is 19.4. The molecule has 0 unspecified atom stereocenters. The third-order valence-electron chi connectivity index (χ3n) is 5.00. The number of para-hydroxylation sites is 1. The molecular formula is C20H20F3N7O2. The number of nitrogens with zero attached hydrogens (tertiary/aromatic N) is 7. The van der Waals surface area contributed by atoms with E-state index in [0.717, 1.165) is 12.0 Å². The van der Waals surface area contributed by atoms with E-state index in [0.29, 0.717) is 37.7 Å². The Labute approximate surface area is 181 Å². The normalized spacial score (nSPS) is 14.5. The van der Waals surface area contributed by atoms with Crippen LogP contribution in [0.15, 0.2) is 42.7 Å². The molecular weight excluding hydrogens is 427 g/mol. The van der Waals surface area contributed by atoms with Crippen molar-refractivity contribution < 1.29 is 22.7 Å². The van der Waals surface area contributed by atoms with E-state index in [-0.39, 0.29) is 17.5 Å². The molecule has 0 bridgehead atoms. The number of amides is 1. The second-order valence-corrected chi connectivity index (χ2v) is 7.17. The molecule has 1 saturated heterocycles. The van der Waals surface area contributed by atoms with Crippen molar-refractivity contribution in [2.45, 2.75) is 13.1 Å². The van der Waals surface area contributed by atoms with Crippen LogP contribution >= 0.6 is 0 Å². The van der Waals surface area contributed by atoms with Crippen molar-refractivity contribution in [2.24, 2.45) is 0 Å². The predicted octanol–water partition coefficient (Wildman–Crippen LogP) is 2.27. The summed E-state index contributed by atoms with van der Waals surface area (Å²) in [4.78, 5) is 24.3. The number of ether oxygens (including phenoxy) is 1. The highest BCUT2D eigenvalue weighted by molar-refractivity contribution is 5.93. The van der Waals surface area contributed by atoms with Gasteiger partial charge in [-0.05, 0) is 19.1 Å². The van der Waals surface area contributed by atoms with Gasteiger partial charge in [-0.3, -0.25) is 4.79 Å². The Hall–Kier alpha value is -3.70. The molecule has 0 N–H and O–H groups in total. The molecule has 1 fully saturated rings. The molecule has 0 aliphatic carbocycles. The Balaban J connectivity index is 1.39. The van der Waals surface area contributed by atoms with Crippen molar-refractivity contribution in [2.75, 3.05) is 37.7 Å². The predicted molar refractivity (Wildman–Crippen MR) is 108 cm³/mol. The van der Waals surface area contributed by atoms with Gasteiger partial charge in [0.25, 0.3) is 5.91 Å². The minimum atomic E-state index is -4.45. The monoisotopic (exact) mass is 447 g/mol. The molecule has 0 radical (unpaired) electrons. The molecule has 0 spiro atoms. The molecule has 0 atom stereocenters. The van der Waals surface area contributed by atoms with Crippen LogP contribution in [-0.4, -0.2) is 74.7 Å². The summed E-state index contributed by atoms with van der Waals surface area (Å²) in [5.41, 5.74) is 1.74. The van der Waals surface area contributed by atoms with Crippen LogP contribution in [0.25, 0.3) is 5.69 Å². The van der Waals surface area contributed by atoms with Gasteiger partial charge >= 0.3 is 6.18 Å². The van der Waals surface area contributed by atoms with Gasteiger partial charge in [0.15, 0.2) is 12.3 Å². The quantitative estimate of drug-likeness (QED) is 0.593. The zero-order valence-corrected chi connectivity index (χ0v) is 17.2. The smallest absolute Gasteiger partial charge is 0.422 e. The molecule has 9 nitrogen and oxygen atoms in total. The van der Waals surface area contributed by atoms with Crippen LogP contribution in [0.5, 0.6) is 5.88 Å². The molecule has 1 aliphatic heterocycles. The first-order valence-electron chi connectivity index (χ1n) is 9.85. The van der Waals surface area contributed by atoms with E-state index in [9.17, 15) is 18.0 Å². The second kappa shape index (κ2) is 8.81. The third-order valence-corrected chi connectivity index (χ3v) is 5.00. The molecule has 3 aromatic rings. The summed E-state index contributed by atoms with van der Waals surface area (Å²) in [6, 6.07) is 10.8. The van der Waals surface area contributed by atoms with Gasteiger partial charge in [-0.2, -0.15) is 13.2 Å². The van der Waals surface area contributed by atoms with Crippen molar-refractivity contribution in [1.29, 1.82) is 0 Å². The summed E-state index contributed by atoms with van der Waals surface area (Å²) in [5, 5.41) is 8.18. The van der Waals surface area contributed by atoms with Crippen LogP contribution in [0, 0.1) is 6.92 Å². The number of rotatable bonds is 5. The van der Waals surface area contributed by atoms with E-state index >= 15 is 0 Å². The Kier molecular flexibility index (Phi) is 5.93. The lowest BCUT2D eigenvalue weighted by molar-refractivity contribution is -0.154. The number of hydrogen-bond acceptors (Lipinski definition) is 7. The van der Waals surface area contributed by atoms with Crippen LogP contribution in [0.3, 0.4) is 0 Å². The van der Waals surface area contributed by atoms with Crippen molar-refractivity contribution in [3.63, 3.8) is 0 Å². The summed E-state index contributed by atoms with van der Waals surface area (Å²) in [6.45, 7) is 2.08. The molecule has 0 saturated carbocycles. The van der Waals surface area contributed by atoms with Crippen LogP contribution in [-0.2, 0) is 0 Å². The van der Waals surface area contributed by atoms with Gasteiger partial charge in [-0.1, -0.05) is 23.4 Å². The Morgan fingerprint density at radius 1 is 1.09 bits per heavy atom. The summed E-state index contributed by atoms with van der Waals surface area (Å²) in [6.07, 6.45) is -3.29. The lowest BCUT2D eigenvalue weighted by Gasteiger charge is -2.35. The number of alkyl halides is 3. The summed E-state index contributed by atoms with van der Waals surface area (Å²) >= 11 is 0. The highest BCUT2D eigenvalue weighted by Gasteiger charge is 2.29. The average molecular weight is 447 g/mol. The van der Waals surface area contributed by atoms with Crippen LogP contribution in [0.1, 0.15) is 16.2 Å². The van der Waals surface area contributed by atoms with E-state index in [1.807, 2.05) is 35.2 Å². The van der Waals surface area contributed by atoms with Crippen molar-refractivity contribution in [1.82, 2.24) is 29.9 Å². The van der Waals surface area contributed by atoms with Gasteiger partial charge < -0.3 is 14.5 Å². The molecule has 1 amide bonds. The Bertz CT molecular complexity index is 1080. The fourth-order valence-electron chi connectivity index (χ4n) is 3.37. The van der Waals surface area contributed by atoms with E-state index in [2.05, 4.69) is 25.0 Å². The van der Waals surface area contributed by atoms with E-state index in [4.69, 9.17) is 0 Å². The maximum Gasteiger partial charge on any atom is 0.422 e. The fourth-order valence-corrected chi connectivity index (χ4v) is 3.37. The maximum atomic E-state index is 13.0. The topological polar surface area (TPSA) is 89.3 Å². The third kappa shape index (κ3) is 4.79. The standard InChI is InChI=1S/C20H20F3N7O2/c1-14-18(26-27-30(14)15-5-3-2-4-6-15)19(31)29-9-7-28(8-10-29)16-11-17(25-13-24-16)32-12-20(21,22)23/h2-6,11,13H,7-10,12H2,1H3. The lowest BCUT2D eigenvalue weighted by Crippen LogP contribution is -2.49. The number of hydrogen-bond donors (Lipinski definition) is 0. The average Bonchev–Trinajstić information content (AvgIpc) is 3.19. The summed E-state index contributed by atoms with van der Waals surface area (Å²) in [5.74, 6) is 0.0654. The van der Waals surface area contributed by atoms with E-state index in [1.54, 1.807) is 16.5 Å². The molecule has 2 aromatic heterocycles. The largest absolute Gasteiger partial charge is 0.468 e. The number of halogens is 3. The first kappa shape index (κ1) is 21.5. The van der Waals surface area contributed by atoms with Crippen LogP contribution in [0.4, 0.5) is 19.0 Å². The van der Waals surface area contributed by atoms with Crippen molar-refractivity contribution in [3.8, 4) is 11.6 Å². The van der Waals surface area contributed by atoms with Gasteiger partial charge in [0, 0.05) is 32.2 Å². The van der Waals surface area contributed by atoms with Crippen molar-refractivity contribution >= 4 is 11.7 Å². The van der Waals surface area contributed by atoms with Gasteiger partial charge in [-0.15, -0.1) is 5.10 Å². The van der Waals surface area contributed by atoms with Gasteiger partial charge in [0.05, 0.1) is 11.4 Å². The number of carbonyl (C=O) groups excluding carboxylic acids is 1. The molecule has 12 heteroatoms. The Morgan fingerprint density at radius 2 is 1.81 bits per heavy atom. The van der Waals surface area contributed by atoms with Crippen molar-refractivity contribution in [3.05, 3.63) is 54.1 Å².